The minimum Gasteiger partial charge on any atom is -0.490 e. The summed E-state index contributed by atoms with van der Waals surface area (Å²) in [6.07, 6.45) is 1.96. The Kier molecular flexibility index (Phi) is 5.61. The van der Waals surface area contributed by atoms with Crippen molar-refractivity contribution in [1.29, 1.82) is 0 Å². The van der Waals surface area contributed by atoms with Crippen molar-refractivity contribution in [3.63, 3.8) is 0 Å². The largest absolute Gasteiger partial charge is 0.490 e. The number of hydrogen-bond donors (Lipinski definition) is 1. The third kappa shape index (κ3) is 3.97. The van der Waals surface area contributed by atoms with Crippen molar-refractivity contribution < 1.29 is 9.53 Å². The number of para-hydroxylation sites is 1. The van der Waals surface area contributed by atoms with Gasteiger partial charge < -0.3 is 15.0 Å². The smallest absolute Gasteiger partial charge is 0.253 e. The van der Waals surface area contributed by atoms with Crippen LogP contribution in [0.1, 0.15) is 34.3 Å². The van der Waals surface area contributed by atoms with Crippen molar-refractivity contribution in [2.45, 2.75) is 32.0 Å². The van der Waals surface area contributed by atoms with Gasteiger partial charge in [0.25, 0.3) is 5.91 Å². The lowest BCUT2D eigenvalue weighted by Gasteiger charge is -2.32. The number of likely N-dealkylation sites (tertiary alicyclic amines) is 1. The molecule has 0 saturated carbocycles. The van der Waals surface area contributed by atoms with Gasteiger partial charge in [0.05, 0.1) is 0 Å². The number of piperidine rings is 1. The molecule has 25 heavy (non-hydrogen) atoms. The van der Waals surface area contributed by atoms with E-state index in [0.29, 0.717) is 0 Å². The van der Waals surface area contributed by atoms with Gasteiger partial charge in [-0.1, -0.05) is 24.3 Å². The van der Waals surface area contributed by atoms with Crippen LogP contribution in [-0.4, -0.2) is 30.0 Å². The molecule has 2 aliphatic heterocycles. The number of carbonyl (C=O) groups excluding carboxylic acids is 1. The fraction of sp³-hybridized carbons (Fsp3) is 0.350. The molecule has 0 bridgehead atoms. The van der Waals surface area contributed by atoms with Crippen molar-refractivity contribution in [3.8, 4) is 5.75 Å². The second-order valence-corrected chi connectivity index (χ2v) is 6.51. The van der Waals surface area contributed by atoms with Crippen LogP contribution in [0.4, 0.5) is 0 Å². The molecule has 2 aromatic rings. The third-order valence-electron chi connectivity index (χ3n) is 4.86. The summed E-state index contributed by atoms with van der Waals surface area (Å²) in [6.45, 7) is 3.28. The van der Waals surface area contributed by atoms with Crippen LogP contribution in [0.2, 0.25) is 0 Å². The van der Waals surface area contributed by atoms with Crippen molar-refractivity contribution in [2.24, 2.45) is 0 Å². The lowest BCUT2D eigenvalue weighted by Crippen LogP contribution is -2.41. The van der Waals surface area contributed by atoms with E-state index in [1.807, 2.05) is 47.4 Å². The molecule has 0 aromatic heterocycles. The molecule has 5 heteroatoms. The van der Waals surface area contributed by atoms with Crippen LogP contribution in [0.25, 0.3) is 0 Å². The van der Waals surface area contributed by atoms with Crippen LogP contribution in [0.3, 0.4) is 0 Å². The number of rotatable bonds is 3. The van der Waals surface area contributed by atoms with Crippen molar-refractivity contribution in [3.05, 3.63) is 65.2 Å². The Morgan fingerprint density at radius 1 is 1.00 bits per heavy atom. The molecule has 0 aliphatic carbocycles. The lowest BCUT2D eigenvalue weighted by molar-refractivity contribution is 0.0595. The molecule has 1 saturated heterocycles. The first-order valence-corrected chi connectivity index (χ1v) is 8.63. The molecule has 2 heterocycles. The number of halogens is 1. The SMILES string of the molecule is Cl.O=C(c1ccc2c(c1)CNC2)N1CCC(Oc2ccccc2)CC1. The Balaban J connectivity index is 0.00000182. The van der Waals surface area contributed by atoms with Gasteiger partial charge in [-0.2, -0.15) is 0 Å². The second kappa shape index (κ2) is 7.89. The molecule has 0 atom stereocenters. The first kappa shape index (κ1) is 17.8. The number of carbonyl (C=O) groups is 1. The Hall–Kier alpha value is -2.04. The van der Waals surface area contributed by atoms with Gasteiger partial charge in [-0.15, -0.1) is 12.4 Å². The van der Waals surface area contributed by atoms with Crippen LogP contribution in [-0.2, 0) is 13.1 Å². The Labute approximate surface area is 154 Å². The number of fused-ring (bicyclic) bond motifs is 1. The fourth-order valence-electron chi connectivity index (χ4n) is 3.48. The molecule has 1 amide bonds. The number of amides is 1. The highest BCUT2D eigenvalue weighted by Gasteiger charge is 2.25. The molecule has 1 fully saturated rings. The molecular formula is C20H23ClN2O2. The highest BCUT2D eigenvalue weighted by Crippen LogP contribution is 2.22. The summed E-state index contributed by atoms with van der Waals surface area (Å²) in [4.78, 5) is 14.7. The molecule has 2 aromatic carbocycles. The standard InChI is InChI=1S/C20H22N2O2.ClH/c23-20(15-6-7-16-13-21-14-17(16)12-15)22-10-8-19(9-11-22)24-18-4-2-1-3-5-18;/h1-7,12,19,21H,8-11,13-14H2;1H. The molecule has 0 radical (unpaired) electrons. The number of nitrogens with zero attached hydrogens (tertiary/aromatic N) is 1. The van der Waals surface area contributed by atoms with E-state index in [1.54, 1.807) is 0 Å². The first-order chi connectivity index (χ1) is 11.8. The summed E-state index contributed by atoms with van der Waals surface area (Å²) in [6, 6.07) is 16.0. The van der Waals surface area contributed by atoms with Crippen molar-refractivity contribution in [1.82, 2.24) is 10.2 Å². The lowest BCUT2D eigenvalue weighted by atomic mass is 10.0. The van der Waals surface area contributed by atoms with Crippen molar-refractivity contribution in [2.75, 3.05) is 13.1 Å². The van der Waals surface area contributed by atoms with Crippen LogP contribution in [0.5, 0.6) is 5.75 Å². The zero-order chi connectivity index (χ0) is 16.4. The van der Waals surface area contributed by atoms with E-state index in [0.717, 1.165) is 50.3 Å². The van der Waals surface area contributed by atoms with E-state index in [1.165, 1.54) is 11.1 Å². The van der Waals surface area contributed by atoms with E-state index < -0.39 is 0 Å². The highest BCUT2D eigenvalue weighted by atomic mass is 35.5. The van der Waals surface area contributed by atoms with Crippen LogP contribution < -0.4 is 10.1 Å². The average Bonchev–Trinajstić information content (AvgIpc) is 3.10. The first-order valence-electron chi connectivity index (χ1n) is 8.63. The molecule has 0 spiro atoms. The zero-order valence-electron chi connectivity index (χ0n) is 14.1. The van der Waals surface area contributed by atoms with Gasteiger partial charge in [-0.05, 0) is 35.4 Å². The summed E-state index contributed by atoms with van der Waals surface area (Å²) >= 11 is 0. The zero-order valence-corrected chi connectivity index (χ0v) is 14.9. The van der Waals surface area contributed by atoms with Gasteiger partial charge in [0.15, 0.2) is 0 Å². The van der Waals surface area contributed by atoms with E-state index >= 15 is 0 Å². The minimum absolute atomic E-state index is 0. The maximum absolute atomic E-state index is 12.7. The van der Waals surface area contributed by atoms with Gasteiger partial charge >= 0.3 is 0 Å². The summed E-state index contributed by atoms with van der Waals surface area (Å²) in [5, 5.41) is 3.32. The number of nitrogens with one attached hydrogen (secondary N) is 1. The topological polar surface area (TPSA) is 41.6 Å². The van der Waals surface area contributed by atoms with E-state index in [4.69, 9.17) is 4.74 Å². The van der Waals surface area contributed by atoms with Gasteiger partial charge in [0.1, 0.15) is 11.9 Å². The Morgan fingerprint density at radius 2 is 1.72 bits per heavy atom. The summed E-state index contributed by atoms with van der Waals surface area (Å²) in [5.74, 6) is 1.05. The maximum Gasteiger partial charge on any atom is 0.253 e. The van der Waals surface area contributed by atoms with E-state index in [-0.39, 0.29) is 24.4 Å². The summed E-state index contributed by atoms with van der Waals surface area (Å²) in [7, 11) is 0. The Bertz CT molecular complexity index is 728. The van der Waals surface area contributed by atoms with Crippen LogP contribution in [0.15, 0.2) is 48.5 Å². The monoisotopic (exact) mass is 358 g/mol. The average molecular weight is 359 g/mol. The third-order valence-corrected chi connectivity index (χ3v) is 4.86. The number of ether oxygens (including phenoxy) is 1. The molecule has 0 unspecified atom stereocenters. The second-order valence-electron chi connectivity index (χ2n) is 6.51. The molecule has 4 nitrogen and oxygen atoms in total. The number of benzene rings is 2. The quantitative estimate of drug-likeness (QED) is 0.914. The molecular weight excluding hydrogens is 336 g/mol. The maximum atomic E-state index is 12.7. The van der Waals surface area contributed by atoms with E-state index in [2.05, 4.69) is 11.4 Å². The van der Waals surface area contributed by atoms with Gasteiger partial charge in [0, 0.05) is 44.6 Å². The van der Waals surface area contributed by atoms with Gasteiger partial charge in [0.2, 0.25) is 0 Å². The Morgan fingerprint density at radius 3 is 2.48 bits per heavy atom. The van der Waals surface area contributed by atoms with Crippen LogP contribution >= 0.6 is 12.4 Å². The highest BCUT2D eigenvalue weighted by molar-refractivity contribution is 5.94. The summed E-state index contributed by atoms with van der Waals surface area (Å²) in [5.41, 5.74) is 3.37. The molecule has 1 N–H and O–H groups in total. The summed E-state index contributed by atoms with van der Waals surface area (Å²) < 4.78 is 6.00. The van der Waals surface area contributed by atoms with Crippen LogP contribution in [0, 0.1) is 0 Å². The fourth-order valence-corrected chi connectivity index (χ4v) is 3.48. The molecule has 2 aliphatic rings. The predicted octanol–water partition coefficient (Wildman–Crippen LogP) is 3.40. The number of hydrogen-bond acceptors (Lipinski definition) is 3. The normalized spacial score (nSPS) is 16.9. The van der Waals surface area contributed by atoms with Gasteiger partial charge in [-0.25, -0.2) is 0 Å². The van der Waals surface area contributed by atoms with Gasteiger partial charge in [-0.3, -0.25) is 4.79 Å². The van der Waals surface area contributed by atoms with E-state index in [9.17, 15) is 4.79 Å². The van der Waals surface area contributed by atoms with Crippen molar-refractivity contribution >= 4 is 18.3 Å². The predicted molar refractivity (Wildman–Crippen MR) is 100 cm³/mol. The molecule has 4 rings (SSSR count). The minimum atomic E-state index is 0. The molecule has 132 valence electrons.